The molecule has 0 spiro atoms. The van der Waals surface area contributed by atoms with Crippen molar-refractivity contribution in [2.45, 2.75) is 97.4 Å². The molecular weight excluding hydrogens is 1510 g/mol. The maximum Gasteiger partial charge on any atom is 0.296 e. The SMILES string of the molecule is Cn1c(=O)c(C(=O)c2ccccc2)c2c3c(c(Nc4ccc(S(=O)(=O)O)c(Cc5nc(N)nc(NC6CCC(CC7CCC(Nc8nc(N)nc(Cc9ccc(S(=O)(=O)O)c(Nc%10ccc%11c%12c%10C(=O)c%10ccccc%10-c%12c(C(=O)c%10cccc(S(=O)(=O)O)c%10)c(=O)n%11C)c9)n8)CC7)CC6)n5)c4)ccc31)C(=O)c1ccccc1-2. The number of nitrogens with two attached hydrogens (primary N) is 2. The monoisotopic (exact) mass is 1570 g/mol. The number of carbonyl (C=O) groups excluding carboxylic acids is 4. The first-order valence-corrected chi connectivity index (χ1v) is 40.5. The number of nitrogens with one attached hydrogen (secondary N) is 4. The first-order valence-electron chi connectivity index (χ1n) is 36.2. The third kappa shape index (κ3) is 14.2. The number of ketones is 4. The second kappa shape index (κ2) is 28.9. The number of hydrogen-bond donors (Lipinski definition) is 9. The number of aromatic nitrogens is 8. The lowest BCUT2D eigenvalue weighted by Gasteiger charge is -2.34. The number of nitrogens with zero attached hydrogens (tertiary/aromatic N) is 8. The lowest BCUT2D eigenvalue weighted by atomic mass is 9.75. The van der Waals surface area contributed by atoms with Crippen molar-refractivity contribution in [1.82, 2.24) is 39.0 Å². The minimum Gasteiger partial charge on any atom is -0.368 e. The second-order valence-corrected chi connectivity index (χ2v) is 33.0. The van der Waals surface area contributed by atoms with E-state index < -0.39 is 79.1 Å². The van der Waals surface area contributed by atoms with Crippen molar-refractivity contribution in [2.24, 2.45) is 25.9 Å². The van der Waals surface area contributed by atoms with Gasteiger partial charge in [0.05, 0.1) is 60.1 Å². The molecule has 2 saturated carbocycles. The molecule has 572 valence electrons. The zero-order chi connectivity index (χ0) is 79.3. The van der Waals surface area contributed by atoms with Crippen molar-refractivity contribution in [3.63, 3.8) is 0 Å². The zero-order valence-corrected chi connectivity index (χ0v) is 62.8. The van der Waals surface area contributed by atoms with Gasteiger partial charge in [-0.2, -0.15) is 55.2 Å². The Hall–Kier alpha value is -12.6. The minimum atomic E-state index is -4.94. The van der Waals surface area contributed by atoms with E-state index in [1.54, 1.807) is 92.0 Å². The predicted molar refractivity (Wildman–Crippen MR) is 422 cm³/mol. The van der Waals surface area contributed by atoms with Crippen LogP contribution in [0.15, 0.2) is 188 Å². The number of hydrogen-bond acceptors (Lipinski definition) is 24. The van der Waals surface area contributed by atoms with Crippen molar-refractivity contribution in [3.8, 4) is 22.3 Å². The largest absolute Gasteiger partial charge is 0.368 e. The number of pyridine rings is 2. The summed E-state index contributed by atoms with van der Waals surface area (Å²) in [4.78, 5) is 112. The quantitative estimate of drug-likeness (QED) is 0.0238. The number of rotatable bonds is 21. The van der Waals surface area contributed by atoms with Gasteiger partial charge < -0.3 is 41.9 Å². The molecule has 0 unspecified atom stereocenters. The van der Waals surface area contributed by atoms with E-state index in [1.165, 1.54) is 82.9 Å². The van der Waals surface area contributed by atoms with Crippen LogP contribution in [0.25, 0.3) is 44.1 Å². The lowest BCUT2D eigenvalue weighted by molar-refractivity contribution is 0.102. The van der Waals surface area contributed by atoms with Gasteiger partial charge in [0, 0.05) is 88.9 Å². The summed E-state index contributed by atoms with van der Waals surface area (Å²) in [5.74, 6) is -0.806. The maximum absolute atomic E-state index is 14.8. The van der Waals surface area contributed by atoms with Gasteiger partial charge in [0.2, 0.25) is 23.8 Å². The Morgan fingerprint density at radius 1 is 0.451 bits per heavy atom. The number of carbonyl (C=O) groups is 4. The molecule has 32 heteroatoms. The number of fused-ring (bicyclic) bond motifs is 4. The van der Waals surface area contributed by atoms with Gasteiger partial charge in [-0.1, -0.05) is 97.1 Å². The molecule has 0 bridgehead atoms. The van der Waals surface area contributed by atoms with Gasteiger partial charge in [-0.3, -0.25) is 42.4 Å². The van der Waals surface area contributed by atoms with Crippen LogP contribution in [0.2, 0.25) is 0 Å². The van der Waals surface area contributed by atoms with Crippen LogP contribution < -0.4 is 43.9 Å². The molecule has 0 saturated heterocycles. The zero-order valence-electron chi connectivity index (χ0n) is 60.4. The summed E-state index contributed by atoms with van der Waals surface area (Å²) in [6.07, 6.45) is 7.83. The van der Waals surface area contributed by atoms with Crippen LogP contribution in [-0.4, -0.2) is 113 Å². The number of aryl methyl sites for hydroxylation is 2. The highest BCUT2D eigenvalue weighted by Gasteiger charge is 2.38. The smallest absolute Gasteiger partial charge is 0.296 e. The third-order valence-electron chi connectivity index (χ3n) is 21.7. The Labute approximate surface area is 645 Å². The molecule has 4 heterocycles. The van der Waals surface area contributed by atoms with E-state index in [1.807, 2.05) is 0 Å². The molecule has 0 aliphatic heterocycles. The number of benzene rings is 8. The fraction of sp³-hybridized carbons (Fsp3) is 0.210. The van der Waals surface area contributed by atoms with Crippen molar-refractivity contribution >= 4 is 122 Å². The molecule has 0 radical (unpaired) electrons. The maximum atomic E-state index is 14.8. The fourth-order valence-electron chi connectivity index (χ4n) is 16.4. The van der Waals surface area contributed by atoms with Crippen molar-refractivity contribution in [1.29, 1.82) is 0 Å². The normalized spacial score (nSPS) is 16.6. The van der Waals surface area contributed by atoms with Crippen LogP contribution in [0.5, 0.6) is 0 Å². The van der Waals surface area contributed by atoms with Crippen LogP contribution in [0.1, 0.15) is 144 Å². The van der Waals surface area contributed by atoms with E-state index in [-0.39, 0.29) is 138 Å². The van der Waals surface area contributed by atoms with Gasteiger partial charge in [0.25, 0.3) is 41.5 Å². The van der Waals surface area contributed by atoms with E-state index in [4.69, 9.17) is 16.5 Å². The minimum absolute atomic E-state index is 0.00444. The first kappa shape index (κ1) is 74.5. The second-order valence-electron chi connectivity index (χ2n) is 28.8. The molecule has 0 atom stereocenters. The van der Waals surface area contributed by atoms with Gasteiger partial charge >= 0.3 is 0 Å². The van der Waals surface area contributed by atoms with Crippen LogP contribution in [-0.2, 0) is 57.3 Å². The molecule has 8 aromatic carbocycles. The van der Waals surface area contributed by atoms with Gasteiger partial charge in [0.15, 0.2) is 23.1 Å². The van der Waals surface area contributed by atoms with E-state index >= 15 is 0 Å². The topological polar surface area (TPSA) is 453 Å². The highest BCUT2D eigenvalue weighted by molar-refractivity contribution is 7.86. The summed E-state index contributed by atoms with van der Waals surface area (Å²) >= 11 is 0. The van der Waals surface area contributed by atoms with Gasteiger partial charge in [0.1, 0.15) is 16.5 Å². The van der Waals surface area contributed by atoms with Gasteiger partial charge in [-0.15, -0.1) is 0 Å². The van der Waals surface area contributed by atoms with Crippen LogP contribution >= 0.6 is 0 Å². The highest BCUT2D eigenvalue weighted by Crippen LogP contribution is 2.47. The van der Waals surface area contributed by atoms with Crippen LogP contribution in [0.3, 0.4) is 0 Å². The average Bonchev–Trinajstić information content (AvgIpc) is 0.712. The molecule has 29 nitrogen and oxygen atoms in total. The first-order chi connectivity index (χ1) is 54.0. The predicted octanol–water partition coefficient (Wildman–Crippen LogP) is 11.3. The van der Waals surface area contributed by atoms with E-state index in [0.717, 1.165) is 69.9 Å². The molecule has 113 heavy (non-hydrogen) atoms. The molecule has 4 aromatic heterocycles. The fourth-order valence-corrected chi connectivity index (χ4v) is 18.3. The van der Waals surface area contributed by atoms with Crippen LogP contribution in [0, 0.1) is 11.8 Å². The Kier molecular flexibility index (Phi) is 19.1. The summed E-state index contributed by atoms with van der Waals surface area (Å²) in [6.45, 7) is 0. The Morgan fingerprint density at radius 3 is 1.43 bits per heavy atom. The molecule has 11 N–H and O–H groups in total. The standard InChI is InChI=1S/C81H70N14O15S3/c1-94-58-31-29-55(66-68(58)64(51-15-6-8-17-53(51)74(66)98)70(76(94)100)72(96)44-11-4-3-5-12-44)84-49-28-34-60(112(105,106)107)46(38-49)40-63-89-79(83)93-81(91-63)86-48-26-21-42(22-27-48)35-41-19-24-47(25-20-41)85-80-90-62(88-78(82)92-80)37-43-23-33-61(113(108,109)110)57(36-43)87-56-30-32-59-69-65(52-16-7-9-18-54(52)75(99)67(56)69)71(77(101)95(59)2)73(97)45-13-10-14-50(39-45)111(102,103)104/h3-18,23,28-34,36,38-39,41-42,47-48,84,87H,19-22,24-27,35,37,40H2,1-2H3,(H,102,103,104)(H,105,106,107)(H,108,109,110)(H3,82,85,88,90,92)(H3,83,86,89,91,93). The van der Waals surface area contributed by atoms with Gasteiger partial charge in [-0.25, -0.2) is 0 Å². The Bertz CT molecular complexity index is 6580. The van der Waals surface area contributed by atoms with E-state index in [0.29, 0.717) is 56.4 Å². The Morgan fingerprint density at radius 2 is 0.920 bits per heavy atom. The number of anilines is 8. The molecule has 16 rings (SSSR count). The van der Waals surface area contributed by atoms with E-state index in [9.17, 15) is 67.7 Å². The summed E-state index contributed by atoms with van der Waals surface area (Å²) in [5.41, 5.74) is 14.1. The number of nitrogen functional groups attached to an aromatic ring is 2. The Balaban J connectivity index is 0.566. The molecule has 0 amide bonds. The van der Waals surface area contributed by atoms with Gasteiger partial charge in [-0.05, 0) is 159 Å². The molecular formula is C81H70N14O15S3. The lowest BCUT2D eigenvalue weighted by Crippen LogP contribution is -2.30. The van der Waals surface area contributed by atoms with Crippen molar-refractivity contribution in [2.75, 3.05) is 32.7 Å². The summed E-state index contributed by atoms with van der Waals surface area (Å²) in [6, 6.07) is 40.6. The summed E-state index contributed by atoms with van der Waals surface area (Å²) < 4.78 is 110. The van der Waals surface area contributed by atoms with Crippen molar-refractivity contribution in [3.05, 3.63) is 252 Å². The third-order valence-corrected chi connectivity index (χ3v) is 24.4. The summed E-state index contributed by atoms with van der Waals surface area (Å²) in [5, 5.41) is 13.8. The molecule has 4 aliphatic rings. The van der Waals surface area contributed by atoms with Crippen molar-refractivity contribution < 1.29 is 58.1 Å². The molecule has 12 aromatic rings. The summed E-state index contributed by atoms with van der Waals surface area (Å²) in [7, 11) is -11.6. The van der Waals surface area contributed by atoms with E-state index in [2.05, 4.69) is 46.2 Å². The molecule has 4 aliphatic carbocycles. The highest BCUT2D eigenvalue weighted by atomic mass is 32.2. The average molecular weight is 1580 g/mol. The molecule has 2 fully saturated rings. The van der Waals surface area contributed by atoms with Crippen LogP contribution in [0.4, 0.5) is 46.5 Å².